The first-order chi connectivity index (χ1) is 12.3. The highest BCUT2D eigenvalue weighted by Gasteiger charge is 2.18. The van der Waals surface area contributed by atoms with E-state index in [-0.39, 0.29) is 22.8 Å². The highest BCUT2D eigenvalue weighted by atomic mass is 32.2. The number of benzene rings is 1. The molecule has 9 heteroatoms. The zero-order valence-electron chi connectivity index (χ0n) is 14.9. The summed E-state index contributed by atoms with van der Waals surface area (Å²) in [4.78, 5) is 23.9. The number of nitrogens with zero attached hydrogens (tertiary/aromatic N) is 3. The second-order valence-electron chi connectivity index (χ2n) is 5.79. The molecule has 2 aromatic rings. The maximum absolute atomic E-state index is 12.2. The summed E-state index contributed by atoms with van der Waals surface area (Å²) in [5.41, 5.74) is 0.267. The third-order valence-electron chi connectivity index (χ3n) is 3.56. The van der Waals surface area contributed by atoms with Gasteiger partial charge in [-0.1, -0.05) is 19.1 Å². The zero-order valence-corrected chi connectivity index (χ0v) is 15.7. The van der Waals surface area contributed by atoms with Crippen LogP contribution in [0.25, 0.3) is 0 Å². The van der Waals surface area contributed by atoms with Crippen LogP contribution in [-0.4, -0.2) is 42.6 Å². The summed E-state index contributed by atoms with van der Waals surface area (Å²) in [6, 6.07) is 8.75. The Morgan fingerprint density at radius 1 is 1.23 bits per heavy atom. The fourth-order valence-corrected chi connectivity index (χ4v) is 3.13. The summed E-state index contributed by atoms with van der Waals surface area (Å²) >= 11 is 0. The molecule has 0 spiro atoms. The molecule has 0 aliphatic heterocycles. The van der Waals surface area contributed by atoms with Crippen molar-refractivity contribution in [3.63, 3.8) is 0 Å². The average molecular weight is 379 g/mol. The van der Waals surface area contributed by atoms with Crippen molar-refractivity contribution in [2.75, 3.05) is 14.1 Å². The first-order valence-electron chi connectivity index (χ1n) is 8.02. The molecule has 0 N–H and O–H groups in total. The van der Waals surface area contributed by atoms with Crippen molar-refractivity contribution in [3.8, 4) is 0 Å². The zero-order chi connectivity index (χ0) is 19.3. The van der Waals surface area contributed by atoms with Gasteiger partial charge in [0.25, 0.3) is 5.56 Å². The van der Waals surface area contributed by atoms with Gasteiger partial charge in [0.05, 0.1) is 4.90 Å². The van der Waals surface area contributed by atoms with E-state index in [1.54, 1.807) is 12.1 Å². The predicted molar refractivity (Wildman–Crippen MR) is 95.2 cm³/mol. The van der Waals surface area contributed by atoms with Crippen LogP contribution in [0.2, 0.25) is 0 Å². The van der Waals surface area contributed by atoms with Crippen molar-refractivity contribution in [1.29, 1.82) is 0 Å². The van der Waals surface area contributed by atoms with Gasteiger partial charge in [0.15, 0.2) is 5.69 Å². The normalized spacial score (nSPS) is 11.5. The topological polar surface area (TPSA) is 98.6 Å². The lowest BCUT2D eigenvalue weighted by molar-refractivity contribution is 0.0462. The van der Waals surface area contributed by atoms with Gasteiger partial charge in [-0.25, -0.2) is 22.2 Å². The van der Waals surface area contributed by atoms with Gasteiger partial charge >= 0.3 is 5.97 Å². The molecule has 0 fully saturated rings. The maximum Gasteiger partial charge on any atom is 0.359 e. The van der Waals surface area contributed by atoms with Gasteiger partial charge in [-0.2, -0.15) is 5.10 Å². The van der Waals surface area contributed by atoms with Crippen LogP contribution in [0, 0.1) is 0 Å². The molecule has 140 valence electrons. The van der Waals surface area contributed by atoms with Crippen LogP contribution in [0.4, 0.5) is 0 Å². The van der Waals surface area contributed by atoms with Crippen LogP contribution >= 0.6 is 0 Å². The quantitative estimate of drug-likeness (QED) is 0.672. The smallest absolute Gasteiger partial charge is 0.359 e. The summed E-state index contributed by atoms with van der Waals surface area (Å²) in [6.07, 6.45) is 0.707. The Hall–Kier alpha value is -2.52. The first kappa shape index (κ1) is 19.8. The fourth-order valence-electron chi connectivity index (χ4n) is 2.16. The molecular weight excluding hydrogens is 358 g/mol. The number of hydrogen-bond donors (Lipinski definition) is 0. The van der Waals surface area contributed by atoms with E-state index < -0.39 is 16.0 Å². The summed E-state index contributed by atoms with van der Waals surface area (Å²) < 4.78 is 31.8. The average Bonchev–Trinajstić information content (AvgIpc) is 2.61. The molecule has 0 unspecified atom stereocenters. The van der Waals surface area contributed by atoms with Gasteiger partial charge in [-0.3, -0.25) is 4.79 Å². The van der Waals surface area contributed by atoms with E-state index in [4.69, 9.17) is 4.74 Å². The fraction of sp³-hybridized carbons (Fsp3) is 0.353. The highest BCUT2D eigenvalue weighted by molar-refractivity contribution is 7.89. The number of rotatable bonds is 7. The van der Waals surface area contributed by atoms with Crippen LogP contribution in [0.15, 0.2) is 46.1 Å². The molecule has 0 bridgehead atoms. The predicted octanol–water partition coefficient (Wildman–Crippen LogP) is 1.26. The van der Waals surface area contributed by atoms with Gasteiger partial charge in [0.2, 0.25) is 10.0 Å². The van der Waals surface area contributed by atoms with Crippen LogP contribution in [0.1, 0.15) is 29.4 Å². The maximum atomic E-state index is 12.2. The van der Waals surface area contributed by atoms with Gasteiger partial charge in [0, 0.05) is 26.7 Å². The van der Waals surface area contributed by atoms with Crippen LogP contribution in [0.5, 0.6) is 0 Å². The molecule has 0 saturated heterocycles. The van der Waals surface area contributed by atoms with Crippen molar-refractivity contribution in [3.05, 3.63) is 58.0 Å². The van der Waals surface area contributed by atoms with E-state index in [1.165, 1.54) is 43.0 Å². The van der Waals surface area contributed by atoms with Gasteiger partial charge in [0.1, 0.15) is 6.61 Å². The molecule has 1 aromatic heterocycles. The number of carbonyl (C=O) groups excluding carboxylic acids is 1. The Balaban J connectivity index is 2.13. The van der Waals surface area contributed by atoms with Crippen molar-refractivity contribution in [2.45, 2.75) is 31.4 Å². The van der Waals surface area contributed by atoms with E-state index in [1.807, 2.05) is 6.92 Å². The molecule has 2 rings (SSSR count). The second-order valence-corrected chi connectivity index (χ2v) is 7.94. The largest absolute Gasteiger partial charge is 0.456 e. The summed E-state index contributed by atoms with van der Waals surface area (Å²) in [7, 11) is -0.678. The van der Waals surface area contributed by atoms with Gasteiger partial charge in [-0.15, -0.1) is 0 Å². The lowest BCUT2D eigenvalue weighted by Gasteiger charge is -2.12. The van der Waals surface area contributed by atoms with E-state index in [2.05, 4.69) is 5.10 Å². The third-order valence-corrected chi connectivity index (χ3v) is 5.37. The van der Waals surface area contributed by atoms with Gasteiger partial charge < -0.3 is 4.74 Å². The molecule has 0 amide bonds. The minimum atomic E-state index is -3.56. The minimum Gasteiger partial charge on any atom is -0.456 e. The van der Waals surface area contributed by atoms with Crippen LogP contribution in [-0.2, 0) is 27.9 Å². The number of carbonyl (C=O) groups is 1. The van der Waals surface area contributed by atoms with Crippen molar-refractivity contribution >= 4 is 16.0 Å². The van der Waals surface area contributed by atoms with E-state index in [0.29, 0.717) is 18.5 Å². The Bertz CT molecular complexity index is 951. The Morgan fingerprint density at radius 3 is 2.62 bits per heavy atom. The minimum absolute atomic E-state index is 0.0233. The molecule has 0 aliphatic carbocycles. The summed E-state index contributed by atoms with van der Waals surface area (Å²) in [5.74, 6) is -0.685. The highest BCUT2D eigenvalue weighted by Crippen LogP contribution is 2.15. The number of aromatic nitrogens is 2. The Labute approximate surface area is 152 Å². The lowest BCUT2D eigenvalue weighted by atomic mass is 10.2. The van der Waals surface area contributed by atoms with Crippen molar-refractivity contribution < 1.29 is 17.9 Å². The molecule has 0 aliphatic rings. The second kappa shape index (κ2) is 8.24. The number of sulfonamides is 1. The van der Waals surface area contributed by atoms with Crippen molar-refractivity contribution in [1.82, 2.24) is 14.1 Å². The lowest BCUT2D eigenvalue weighted by Crippen LogP contribution is -2.24. The Kier molecular flexibility index (Phi) is 6.27. The molecule has 1 heterocycles. The Morgan fingerprint density at radius 2 is 1.96 bits per heavy atom. The number of ether oxygens (including phenoxy) is 1. The number of hydrogen-bond acceptors (Lipinski definition) is 6. The standard InChI is InChI=1S/C17H21N3O5S/c1-4-10-20-16(21)9-8-15(18-20)17(22)25-12-13-6-5-7-14(11-13)26(23,24)19(2)3/h5-9,11H,4,10,12H2,1-3H3. The first-order valence-corrected chi connectivity index (χ1v) is 9.46. The molecular formula is C17H21N3O5S. The van der Waals surface area contributed by atoms with Crippen LogP contribution < -0.4 is 5.56 Å². The van der Waals surface area contributed by atoms with E-state index in [0.717, 1.165) is 4.31 Å². The van der Waals surface area contributed by atoms with E-state index in [9.17, 15) is 18.0 Å². The molecule has 26 heavy (non-hydrogen) atoms. The van der Waals surface area contributed by atoms with Crippen molar-refractivity contribution in [2.24, 2.45) is 0 Å². The van der Waals surface area contributed by atoms with E-state index >= 15 is 0 Å². The van der Waals surface area contributed by atoms with Gasteiger partial charge in [-0.05, 0) is 30.2 Å². The number of aryl methyl sites for hydroxylation is 1. The van der Waals surface area contributed by atoms with Crippen LogP contribution in [0.3, 0.4) is 0 Å². The number of esters is 1. The summed E-state index contributed by atoms with van der Waals surface area (Å²) in [6.45, 7) is 2.20. The summed E-state index contributed by atoms with van der Waals surface area (Å²) in [5, 5.41) is 3.98. The molecule has 1 aromatic carbocycles. The molecule has 0 atom stereocenters. The SMILES string of the molecule is CCCn1nc(C(=O)OCc2cccc(S(=O)(=O)N(C)C)c2)ccc1=O. The molecule has 0 radical (unpaired) electrons. The monoisotopic (exact) mass is 379 g/mol. The molecule has 0 saturated carbocycles. The third kappa shape index (κ3) is 4.55. The molecule has 8 nitrogen and oxygen atoms in total.